The van der Waals surface area contributed by atoms with Gasteiger partial charge in [-0.25, -0.2) is 0 Å². The monoisotopic (exact) mass is 249 g/mol. The molecule has 0 saturated carbocycles. The van der Waals surface area contributed by atoms with E-state index >= 15 is 0 Å². The second-order valence-corrected chi connectivity index (χ2v) is 5.43. The zero-order valence-corrected chi connectivity index (χ0v) is 10.4. The third-order valence-corrected chi connectivity index (χ3v) is 3.50. The number of para-hydroxylation sites is 1. The van der Waals surface area contributed by atoms with E-state index in [-0.39, 0.29) is 11.1 Å². The normalized spacial score (nSPS) is 14.1. The molecule has 0 radical (unpaired) electrons. The molecule has 1 atom stereocenters. The van der Waals surface area contributed by atoms with Crippen LogP contribution in [0.2, 0.25) is 0 Å². The fraction of sp³-hybridized carbons (Fsp3) is 0.250. The lowest BCUT2D eigenvalue weighted by Crippen LogP contribution is -2.16. The number of H-pyrrole nitrogens is 1. The van der Waals surface area contributed by atoms with Crippen LogP contribution in [-0.4, -0.2) is 21.3 Å². The number of nitrogens with zero attached hydrogens (tertiary/aromatic N) is 1. The van der Waals surface area contributed by atoms with Crippen molar-refractivity contribution in [3.8, 4) is 0 Å². The lowest BCUT2D eigenvalue weighted by Gasteiger charge is -2.07. The van der Waals surface area contributed by atoms with Crippen molar-refractivity contribution in [2.24, 2.45) is 10.9 Å². The Labute approximate surface area is 104 Å². The molecule has 0 amide bonds. The number of hydrogen-bond donors (Lipinski definition) is 3. The molecule has 0 fully saturated rings. The Kier molecular flexibility index (Phi) is 3.58. The number of aromatic amines is 1. The minimum absolute atomic E-state index is 0.263. The lowest BCUT2D eigenvalue weighted by atomic mass is 10.3. The second-order valence-electron chi connectivity index (χ2n) is 3.94. The van der Waals surface area contributed by atoms with Gasteiger partial charge >= 0.3 is 0 Å². The molecule has 0 aliphatic carbocycles. The van der Waals surface area contributed by atoms with Gasteiger partial charge in [0.1, 0.15) is 5.84 Å². The summed E-state index contributed by atoms with van der Waals surface area (Å²) in [5.74, 6) is 0.265. The standard InChI is InChI=1S/C12H15N3OS/c1-8(6-11(13)15-16)17-12-7-9-4-2-3-5-10(9)14-12/h2-5,7-8,14,16H,6H2,1H3,(H2,13,15). The molecule has 1 aromatic heterocycles. The number of benzene rings is 1. The third-order valence-electron chi connectivity index (χ3n) is 2.46. The first-order valence-corrected chi connectivity index (χ1v) is 6.28. The van der Waals surface area contributed by atoms with Gasteiger partial charge in [0, 0.05) is 22.6 Å². The summed E-state index contributed by atoms with van der Waals surface area (Å²) in [6.45, 7) is 2.05. The van der Waals surface area contributed by atoms with E-state index in [0.717, 1.165) is 10.5 Å². The molecule has 0 spiro atoms. The molecule has 90 valence electrons. The average Bonchev–Trinajstić information content (AvgIpc) is 2.70. The van der Waals surface area contributed by atoms with E-state index in [1.54, 1.807) is 11.8 Å². The van der Waals surface area contributed by atoms with Gasteiger partial charge in [-0.3, -0.25) is 0 Å². The number of oxime groups is 1. The zero-order valence-electron chi connectivity index (χ0n) is 9.55. The van der Waals surface area contributed by atoms with E-state index < -0.39 is 0 Å². The van der Waals surface area contributed by atoms with Crippen molar-refractivity contribution < 1.29 is 5.21 Å². The molecule has 0 bridgehead atoms. The van der Waals surface area contributed by atoms with Crippen LogP contribution >= 0.6 is 11.8 Å². The Morgan fingerprint density at radius 2 is 2.29 bits per heavy atom. The van der Waals surface area contributed by atoms with Crippen LogP contribution in [0.15, 0.2) is 40.5 Å². The minimum Gasteiger partial charge on any atom is -0.409 e. The van der Waals surface area contributed by atoms with E-state index in [9.17, 15) is 0 Å². The van der Waals surface area contributed by atoms with Gasteiger partial charge in [0.25, 0.3) is 0 Å². The zero-order chi connectivity index (χ0) is 12.3. The summed E-state index contributed by atoms with van der Waals surface area (Å²) in [6.07, 6.45) is 0.566. The van der Waals surface area contributed by atoms with Gasteiger partial charge in [0.05, 0.1) is 5.03 Å². The fourth-order valence-corrected chi connectivity index (χ4v) is 2.76. The summed E-state index contributed by atoms with van der Waals surface area (Å²) in [5.41, 5.74) is 6.61. The van der Waals surface area contributed by atoms with Gasteiger partial charge in [0.2, 0.25) is 0 Å². The van der Waals surface area contributed by atoms with Crippen molar-refractivity contribution in [3.63, 3.8) is 0 Å². The Bertz CT molecular complexity index is 502. The highest BCUT2D eigenvalue weighted by atomic mass is 32.2. The van der Waals surface area contributed by atoms with Crippen molar-refractivity contribution in [2.75, 3.05) is 0 Å². The predicted octanol–water partition coefficient (Wildman–Crippen LogP) is 2.79. The first-order valence-electron chi connectivity index (χ1n) is 5.40. The third kappa shape index (κ3) is 2.94. The highest BCUT2D eigenvalue weighted by molar-refractivity contribution is 7.99. The van der Waals surface area contributed by atoms with Crippen LogP contribution in [0.1, 0.15) is 13.3 Å². The van der Waals surface area contributed by atoms with Crippen LogP contribution in [0.5, 0.6) is 0 Å². The molecule has 0 aliphatic heterocycles. The Balaban J connectivity index is 2.08. The van der Waals surface area contributed by atoms with Crippen LogP contribution < -0.4 is 5.73 Å². The molecule has 0 saturated heterocycles. The number of nitrogens with two attached hydrogens (primary N) is 1. The highest BCUT2D eigenvalue weighted by Crippen LogP contribution is 2.27. The van der Waals surface area contributed by atoms with Crippen molar-refractivity contribution in [1.29, 1.82) is 0 Å². The number of fused-ring (bicyclic) bond motifs is 1. The molecular formula is C12H15N3OS. The van der Waals surface area contributed by atoms with Gasteiger partial charge in [-0.15, -0.1) is 11.8 Å². The van der Waals surface area contributed by atoms with Gasteiger partial charge in [-0.1, -0.05) is 30.3 Å². The van der Waals surface area contributed by atoms with Crippen molar-refractivity contribution in [2.45, 2.75) is 23.6 Å². The number of aromatic nitrogens is 1. The maximum absolute atomic E-state index is 8.51. The molecule has 1 unspecified atom stereocenters. The minimum atomic E-state index is 0.263. The van der Waals surface area contributed by atoms with Gasteiger partial charge in [-0.2, -0.15) is 0 Å². The van der Waals surface area contributed by atoms with Crippen LogP contribution in [0.3, 0.4) is 0 Å². The van der Waals surface area contributed by atoms with E-state index in [4.69, 9.17) is 10.9 Å². The molecule has 4 N–H and O–H groups in total. The van der Waals surface area contributed by atoms with Crippen LogP contribution in [0, 0.1) is 0 Å². The maximum Gasteiger partial charge on any atom is 0.140 e. The predicted molar refractivity (Wildman–Crippen MR) is 71.6 cm³/mol. The topological polar surface area (TPSA) is 74.4 Å². The summed E-state index contributed by atoms with van der Waals surface area (Å²) >= 11 is 1.69. The van der Waals surface area contributed by atoms with Gasteiger partial charge in [-0.05, 0) is 12.1 Å². The van der Waals surface area contributed by atoms with Crippen LogP contribution in [-0.2, 0) is 0 Å². The molecule has 17 heavy (non-hydrogen) atoms. The molecule has 5 heteroatoms. The Morgan fingerprint density at radius 1 is 1.53 bits per heavy atom. The fourth-order valence-electron chi connectivity index (χ4n) is 1.70. The largest absolute Gasteiger partial charge is 0.409 e. The number of hydrogen-bond acceptors (Lipinski definition) is 3. The van der Waals surface area contributed by atoms with Crippen LogP contribution in [0.4, 0.5) is 0 Å². The van der Waals surface area contributed by atoms with E-state index in [1.165, 1.54) is 5.39 Å². The van der Waals surface area contributed by atoms with Crippen LogP contribution in [0.25, 0.3) is 10.9 Å². The van der Waals surface area contributed by atoms with Gasteiger partial charge < -0.3 is 15.9 Å². The van der Waals surface area contributed by atoms with Crippen molar-refractivity contribution in [1.82, 2.24) is 4.98 Å². The molecule has 0 aliphatic rings. The van der Waals surface area contributed by atoms with E-state index in [0.29, 0.717) is 6.42 Å². The number of rotatable bonds is 4. The quantitative estimate of drug-likeness (QED) is 0.256. The summed E-state index contributed by atoms with van der Waals surface area (Å²) in [6, 6.07) is 10.3. The number of nitrogens with one attached hydrogen (secondary N) is 1. The molecule has 2 rings (SSSR count). The molecule has 1 heterocycles. The molecule has 4 nitrogen and oxygen atoms in total. The highest BCUT2D eigenvalue weighted by Gasteiger charge is 2.09. The molecule has 2 aromatic rings. The van der Waals surface area contributed by atoms with Crippen molar-refractivity contribution >= 4 is 28.5 Å². The SMILES string of the molecule is CC(C/C(N)=N/O)Sc1cc2ccccc2[nH]1. The van der Waals surface area contributed by atoms with E-state index in [2.05, 4.69) is 22.3 Å². The molecular weight excluding hydrogens is 234 g/mol. The Morgan fingerprint density at radius 3 is 3.00 bits per heavy atom. The summed E-state index contributed by atoms with van der Waals surface area (Å²) in [7, 11) is 0. The van der Waals surface area contributed by atoms with Gasteiger partial charge in [0.15, 0.2) is 0 Å². The lowest BCUT2D eigenvalue weighted by molar-refractivity contribution is 0.317. The number of amidine groups is 1. The summed E-state index contributed by atoms with van der Waals surface area (Å²) in [5, 5.41) is 14.1. The second kappa shape index (κ2) is 5.14. The summed E-state index contributed by atoms with van der Waals surface area (Å²) < 4.78 is 0. The summed E-state index contributed by atoms with van der Waals surface area (Å²) in [4.78, 5) is 3.34. The first kappa shape index (κ1) is 11.9. The van der Waals surface area contributed by atoms with Crippen molar-refractivity contribution in [3.05, 3.63) is 30.3 Å². The number of thioether (sulfide) groups is 1. The smallest absolute Gasteiger partial charge is 0.140 e. The average molecular weight is 249 g/mol. The molecule has 1 aromatic carbocycles. The van der Waals surface area contributed by atoms with E-state index in [1.807, 2.05) is 25.1 Å². The Hall–Kier alpha value is -1.62. The first-order chi connectivity index (χ1) is 8.19. The maximum atomic E-state index is 8.51.